The van der Waals surface area contributed by atoms with E-state index in [4.69, 9.17) is 0 Å². The summed E-state index contributed by atoms with van der Waals surface area (Å²) >= 11 is 0. The van der Waals surface area contributed by atoms with Crippen LogP contribution in [-0.4, -0.2) is 70.7 Å². The summed E-state index contributed by atoms with van der Waals surface area (Å²) in [5.41, 5.74) is 0. The average molecular weight is 244 g/mol. The van der Waals surface area contributed by atoms with E-state index in [-0.39, 0.29) is 90.7 Å². The Balaban J connectivity index is 0. The van der Waals surface area contributed by atoms with Crippen LogP contribution < -0.4 is 0 Å². The third-order valence-corrected chi connectivity index (χ3v) is 0. The van der Waals surface area contributed by atoms with Crippen LogP contribution in [0.5, 0.6) is 0 Å². The molecule has 0 saturated heterocycles. The van der Waals surface area contributed by atoms with Crippen LogP contribution in [0.25, 0.3) is 0 Å². The van der Waals surface area contributed by atoms with Crippen LogP contribution in [-0.2, 0) is 17.1 Å². The van der Waals surface area contributed by atoms with Gasteiger partial charge in [0.25, 0.3) is 0 Å². The largest absolute Gasteiger partial charge is 2.00 e. The van der Waals surface area contributed by atoms with Gasteiger partial charge in [-0.2, -0.15) is 0 Å². The monoisotopic (exact) mass is 243 g/mol. The average Bonchev–Trinajstić information content (AvgIpc) is 0. The van der Waals surface area contributed by atoms with Crippen molar-refractivity contribution in [2.24, 2.45) is 0 Å². The molecule has 0 saturated carbocycles. The molecule has 4 heteroatoms. The van der Waals surface area contributed by atoms with Crippen molar-refractivity contribution in [1.82, 2.24) is 0 Å². The van der Waals surface area contributed by atoms with Crippen molar-refractivity contribution in [2.45, 2.75) is 0 Å². The van der Waals surface area contributed by atoms with Gasteiger partial charge in [0.2, 0.25) is 0 Å². The minimum absolute atomic E-state index is 0. The topological polar surface area (TPSA) is 31.5 Å². The molecule has 0 amide bonds. The molecule has 2 N–H and O–H groups in total. The first-order valence-corrected chi connectivity index (χ1v) is 0. The minimum Gasteiger partial charge on any atom is -1.00 e. The van der Waals surface area contributed by atoms with Crippen LogP contribution in [0.1, 0.15) is 2.85 Å². The molecule has 0 aromatic heterocycles. The van der Waals surface area contributed by atoms with Gasteiger partial charge in [-0.3, -0.25) is 0 Å². The molecule has 0 aliphatic carbocycles. The fourth-order valence-corrected chi connectivity index (χ4v) is 0. The maximum absolute atomic E-state index is 0. The zero-order chi connectivity index (χ0) is 0. The summed E-state index contributed by atoms with van der Waals surface area (Å²) in [7, 11) is 0. The van der Waals surface area contributed by atoms with Crippen molar-refractivity contribution in [2.75, 3.05) is 0 Å². The molecule has 29 valence electrons. The molecular formula is H7CuGaOSr. The maximum Gasteiger partial charge on any atom is 2.00 e. The van der Waals surface area contributed by atoms with Gasteiger partial charge in [0, 0.05) is 17.1 Å². The van der Waals surface area contributed by atoms with E-state index in [9.17, 15) is 0 Å². The second-order valence-corrected chi connectivity index (χ2v) is 0. The van der Waals surface area contributed by atoms with Crippen molar-refractivity contribution in [3.8, 4) is 0 Å². The summed E-state index contributed by atoms with van der Waals surface area (Å²) in [4.78, 5) is 0. The number of hydrogen-bond donors (Lipinski definition) is 0. The molecule has 4 heavy (non-hydrogen) atoms. The molecule has 0 unspecified atom stereocenters. The van der Waals surface area contributed by atoms with Crippen LogP contribution in [0.2, 0.25) is 0 Å². The molecule has 0 aromatic carbocycles. The predicted octanol–water partition coefficient (Wildman–Crippen LogP) is -2.17. The third-order valence-electron chi connectivity index (χ3n) is 0. The van der Waals surface area contributed by atoms with E-state index in [1.807, 2.05) is 0 Å². The first-order valence-electron chi connectivity index (χ1n) is 0. The fourth-order valence-electron chi connectivity index (χ4n) is 0. The number of rotatable bonds is 0. The Morgan fingerprint density at radius 3 is 1.25 bits per heavy atom. The Morgan fingerprint density at radius 1 is 1.25 bits per heavy atom. The van der Waals surface area contributed by atoms with Gasteiger partial charge in [-0.25, -0.2) is 0 Å². The summed E-state index contributed by atoms with van der Waals surface area (Å²) in [5.74, 6) is 0. The molecule has 0 aliphatic heterocycles. The first kappa shape index (κ1) is 30.6. The van der Waals surface area contributed by atoms with E-state index in [0.29, 0.717) is 0 Å². The second-order valence-electron chi connectivity index (χ2n) is 0. The van der Waals surface area contributed by atoms with Gasteiger partial charge >= 0.3 is 65.3 Å². The Kier molecular flexibility index (Phi) is 134. The van der Waals surface area contributed by atoms with Crippen molar-refractivity contribution >= 4 is 65.3 Å². The Bertz CT molecular complexity index is 13.5. The molecule has 0 aromatic rings. The van der Waals surface area contributed by atoms with Crippen molar-refractivity contribution < 1.29 is 25.4 Å². The Labute approximate surface area is 89.0 Å². The van der Waals surface area contributed by atoms with Crippen LogP contribution >= 0.6 is 0 Å². The smallest absolute Gasteiger partial charge is 1.00 e. The quantitative estimate of drug-likeness (QED) is 0.434. The Hall–Kier alpha value is 2.60. The van der Waals surface area contributed by atoms with Gasteiger partial charge < -0.3 is 8.33 Å². The summed E-state index contributed by atoms with van der Waals surface area (Å²) in [6.07, 6.45) is 0. The van der Waals surface area contributed by atoms with Crippen molar-refractivity contribution in [3.63, 3.8) is 0 Å². The molecule has 1 nitrogen and oxygen atoms in total. The molecule has 1 radical (unpaired) electrons. The third kappa shape index (κ3) is 8.82. The van der Waals surface area contributed by atoms with E-state index in [0.717, 1.165) is 0 Å². The van der Waals surface area contributed by atoms with Gasteiger partial charge in [0.05, 0.1) is 0 Å². The van der Waals surface area contributed by atoms with Crippen LogP contribution in [0.15, 0.2) is 0 Å². The van der Waals surface area contributed by atoms with E-state index < -0.39 is 0 Å². The van der Waals surface area contributed by atoms with Gasteiger partial charge in [0.15, 0.2) is 0 Å². The van der Waals surface area contributed by atoms with E-state index in [1.165, 1.54) is 0 Å². The molecule has 0 heterocycles. The summed E-state index contributed by atoms with van der Waals surface area (Å²) in [6, 6.07) is 0. The SMILES string of the molecule is O.[Cu].[GaH3].[H-].[H-].[Sr+2]. The first-order chi connectivity index (χ1) is 0. The van der Waals surface area contributed by atoms with Gasteiger partial charge in [-0.1, -0.05) is 0 Å². The predicted molar refractivity (Wildman–Crippen MR) is 21.5 cm³/mol. The van der Waals surface area contributed by atoms with Gasteiger partial charge in [-0.15, -0.1) is 0 Å². The van der Waals surface area contributed by atoms with Crippen LogP contribution in [0.3, 0.4) is 0 Å². The van der Waals surface area contributed by atoms with E-state index in [2.05, 4.69) is 0 Å². The standard InChI is InChI=1S/Cu.Ga.H2O.Sr.5H/h;;1H2;;;;;;/q;;;+2;;;;2*-1. The van der Waals surface area contributed by atoms with Crippen molar-refractivity contribution in [3.05, 3.63) is 0 Å². The number of hydrogen-bond acceptors (Lipinski definition) is 0. The van der Waals surface area contributed by atoms with Crippen LogP contribution in [0.4, 0.5) is 0 Å². The fraction of sp³-hybridized carbons (Fsp3) is 0. The zero-order valence-electron chi connectivity index (χ0n) is 3.51. The molecule has 0 aliphatic rings. The zero-order valence-corrected chi connectivity index (χ0v) is 5.93. The summed E-state index contributed by atoms with van der Waals surface area (Å²) in [5, 5.41) is 0. The minimum atomic E-state index is 0. The van der Waals surface area contributed by atoms with E-state index >= 15 is 0 Å². The normalized spacial score (nSPS) is 0. The summed E-state index contributed by atoms with van der Waals surface area (Å²) < 4.78 is 0. The molecule has 0 fully saturated rings. The van der Waals surface area contributed by atoms with Gasteiger partial charge in [0.1, 0.15) is 0 Å². The molecule has 0 atom stereocenters. The summed E-state index contributed by atoms with van der Waals surface area (Å²) in [6.45, 7) is 0. The van der Waals surface area contributed by atoms with Gasteiger partial charge in [-0.05, 0) is 0 Å². The second kappa shape index (κ2) is 17.5. The maximum atomic E-state index is 0. The van der Waals surface area contributed by atoms with E-state index in [1.54, 1.807) is 0 Å². The Morgan fingerprint density at radius 2 is 1.25 bits per heavy atom. The molecular weight excluding hydrogens is 237 g/mol. The molecule has 0 spiro atoms. The van der Waals surface area contributed by atoms with Crippen molar-refractivity contribution in [1.29, 1.82) is 0 Å². The van der Waals surface area contributed by atoms with Crippen LogP contribution in [0, 0.1) is 0 Å². The molecule has 0 bridgehead atoms. The molecule has 0 rings (SSSR count).